The van der Waals surface area contributed by atoms with Gasteiger partial charge in [-0.2, -0.15) is 8.42 Å². The van der Waals surface area contributed by atoms with Gasteiger partial charge in [0.2, 0.25) is 0 Å². The predicted molar refractivity (Wildman–Crippen MR) is 124 cm³/mol. The number of sulfonamides is 1. The van der Waals surface area contributed by atoms with Crippen LogP contribution in [-0.4, -0.2) is 55.2 Å². The van der Waals surface area contributed by atoms with Crippen LogP contribution in [0.2, 0.25) is 0 Å². The molecule has 1 aromatic rings. The fourth-order valence-corrected chi connectivity index (χ4v) is 9.14. The lowest BCUT2D eigenvalue weighted by Gasteiger charge is -2.36. The third-order valence-corrected chi connectivity index (χ3v) is 10.1. The van der Waals surface area contributed by atoms with Crippen molar-refractivity contribution in [2.24, 2.45) is 13.5 Å². The minimum absolute atomic E-state index is 0.00811. The van der Waals surface area contributed by atoms with Gasteiger partial charge < -0.3 is 4.74 Å². The van der Waals surface area contributed by atoms with Crippen molar-refractivity contribution in [1.29, 1.82) is 0 Å². The predicted octanol–water partition coefficient (Wildman–Crippen LogP) is 4.29. The van der Waals surface area contributed by atoms with Gasteiger partial charge in [0.15, 0.2) is 0 Å². The lowest BCUT2D eigenvalue weighted by molar-refractivity contribution is -0.384. The SMILES string of the molecule is CCS(=NC(C)(C)CC(C)(C)C)(=NS(=O)(=O)c1ccc([N+](=O)[O-])cc1)N1CCOCC1. The van der Waals surface area contributed by atoms with Gasteiger partial charge in [-0.25, -0.2) is 8.67 Å². The van der Waals surface area contributed by atoms with Crippen LogP contribution in [0.15, 0.2) is 37.3 Å². The number of non-ortho nitro benzene ring substituents is 1. The molecule has 1 heterocycles. The van der Waals surface area contributed by atoms with E-state index in [1.165, 1.54) is 24.3 Å². The van der Waals surface area contributed by atoms with Crippen LogP contribution in [0.1, 0.15) is 48.0 Å². The molecule has 31 heavy (non-hydrogen) atoms. The van der Waals surface area contributed by atoms with Crippen LogP contribution >= 0.6 is 0 Å². The molecule has 1 aliphatic rings. The molecule has 1 saturated heterocycles. The highest BCUT2D eigenvalue weighted by Crippen LogP contribution is 2.32. The van der Waals surface area contributed by atoms with Gasteiger partial charge in [-0.15, -0.1) is 3.77 Å². The molecule has 0 amide bonds. The Balaban J connectivity index is 2.69. The van der Waals surface area contributed by atoms with E-state index in [1.807, 2.05) is 25.1 Å². The van der Waals surface area contributed by atoms with E-state index in [9.17, 15) is 18.5 Å². The van der Waals surface area contributed by atoms with Crippen molar-refractivity contribution >= 4 is 25.5 Å². The van der Waals surface area contributed by atoms with Crippen molar-refractivity contribution in [1.82, 2.24) is 4.31 Å². The Labute approximate surface area is 186 Å². The molecular formula is C20H34N4O5S2. The Hall–Kier alpha value is -1.56. The smallest absolute Gasteiger partial charge is 0.289 e. The third-order valence-electron chi connectivity index (χ3n) is 4.69. The zero-order valence-electron chi connectivity index (χ0n) is 19.2. The summed E-state index contributed by atoms with van der Waals surface area (Å²) in [4.78, 5) is 10.3. The lowest BCUT2D eigenvalue weighted by Crippen LogP contribution is -2.43. The van der Waals surface area contributed by atoms with Gasteiger partial charge >= 0.3 is 0 Å². The van der Waals surface area contributed by atoms with Gasteiger partial charge in [0.05, 0.1) is 28.6 Å². The van der Waals surface area contributed by atoms with Gasteiger partial charge in [-0.05, 0) is 37.8 Å². The maximum Gasteiger partial charge on any atom is 0.289 e. The fraction of sp³-hybridized carbons (Fsp3) is 0.700. The molecule has 176 valence electrons. The zero-order chi connectivity index (χ0) is 23.5. The second-order valence-corrected chi connectivity index (χ2v) is 14.0. The number of benzene rings is 1. The number of nitro groups is 1. The summed E-state index contributed by atoms with van der Waals surface area (Å²) in [5, 5.41) is 10.9. The maximum atomic E-state index is 13.3. The van der Waals surface area contributed by atoms with Crippen LogP contribution in [-0.2, 0) is 24.6 Å². The summed E-state index contributed by atoms with van der Waals surface area (Å²) in [6, 6.07) is 4.83. The number of nitro benzene ring substituents is 1. The summed E-state index contributed by atoms with van der Waals surface area (Å²) in [7, 11) is -6.49. The Morgan fingerprint density at radius 1 is 1.10 bits per heavy atom. The van der Waals surface area contributed by atoms with Crippen molar-refractivity contribution in [3.8, 4) is 0 Å². The molecule has 11 heteroatoms. The highest BCUT2D eigenvalue weighted by molar-refractivity contribution is 8.03. The molecule has 0 spiro atoms. The lowest BCUT2D eigenvalue weighted by atomic mass is 9.82. The van der Waals surface area contributed by atoms with E-state index >= 15 is 0 Å². The normalized spacial score (nSPS) is 18.3. The Morgan fingerprint density at radius 2 is 1.65 bits per heavy atom. The zero-order valence-corrected chi connectivity index (χ0v) is 20.8. The average molecular weight is 475 g/mol. The topological polar surface area (TPSA) is 114 Å². The van der Waals surface area contributed by atoms with E-state index in [4.69, 9.17) is 9.10 Å². The van der Waals surface area contributed by atoms with Gasteiger partial charge in [0.1, 0.15) is 0 Å². The monoisotopic (exact) mass is 474 g/mol. The molecule has 0 bridgehead atoms. The first-order chi connectivity index (χ1) is 14.2. The Kier molecular flexibility index (Phi) is 7.89. The van der Waals surface area contributed by atoms with Crippen LogP contribution in [0.4, 0.5) is 5.69 Å². The van der Waals surface area contributed by atoms with Gasteiger partial charge in [0.25, 0.3) is 15.7 Å². The number of morpholine rings is 1. The number of nitrogens with zero attached hydrogens (tertiary/aromatic N) is 4. The van der Waals surface area contributed by atoms with Crippen LogP contribution in [0.5, 0.6) is 0 Å². The molecule has 0 aliphatic carbocycles. The highest BCUT2D eigenvalue weighted by atomic mass is 32.3. The standard InChI is InChI=1S/C20H34N4O5S2/c1-7-30(23-12-14-29-15-13-23,21-20(5,6)16-19(2,3)4)22-31(27,28)18-10-8-17(9-11-18)24(25)26/h8-11H,7,12-16H2,1-6H3. The summed E-state index contributed by atoms with van der Waals surface area (Å²) >= 11 is 0. The van der Waals surface area contributed by atoms with E-state index in [1.54, 1.807) is 0 Å². The Bertz CT molecular complexity index is 1010. The van der Waals surface area contributed by atoms with Crippen LogP contribution in [0.3, 0.4) is 0 Å². The van der Waals surface area contributed by atoms with Crippen molar-refractivity contribution < 1.29 is 18.1 Å². The van der Waals surface area contributed by atoms with Crippen molar-refractivity contribution in [2.45, 2.75) is 58.4 Å². The molecule has 0 aromatic heterocycles. The van der Waals surface area contributed by atoms with E-state index in [0.29, 0.717) is 32.1 Å². The summed E-state index contributed by atoms with van der Waals surface area (Å²) in [6.45, 7) is 14.4. The third kappa shape index (κ3) is 6.96. The number of hydrogen-bond donors (Lipinski definition) is 0. The maximum absolute atomic E-state index is 13.3. The van der Waals surface area contributed by atoms with E-state index < -0.39 is 30.3 Å². The highest BCUT2D eigenvalue weighted by Gasteiger charge is 2.31. The molecule has 1 aromatic carbocycles. The second-order valence-electron chi connectivity index (χ2n) is 9.40. The molecule has 0 radical (unpaired) electrons. The molecule has 0 N–H and O–H groups in total. The number of hydrogen-bond acceptors (Lipinski definition) is 6. The van der Waals surface area contributed by atoms with E-state index in [0.717, 1.165) is 6.42 Å². The van der Waals surface area contributed by atoms with E-state index in [2.05, 4.69) is 24.5 Å². The minimum Gasteiger partial charge on any atom is -0.379 e. The summed E-state index contributed by atoms with van der Waals surface area (Å²) in [6.07, 6.45) is 0.770. The first-order valence-corrected chi connectivity index (χ1v) is 13.4. The number of ether oxygens (including phenoxy) is 1. The molecule has 1 unspecified atom stereocenters. The summed E-state index contributed by atoms with van der Waals surface area (Å²) in [5.41, 5.74) is -0.651. The molecule has 0 saturated carbocycles. The fourth-order valence-electron chi connectivity index (χ4n) is 3.93. The van der Waals surface area contributed by atoms with Crippen molar-refractivity contribution in [2.75, 3.05) is 32.1 Å². The molecule has 1 fully saturated rings. The average Bonchev–Trinajstić information content (AvgIpc) is 2.65. The molecular weight excluding hydrogens is 440 g/mol. The van der Waals surface area contributed by atoms with Crippen molar-refractivity contribution in [3.63, 3.8) is 0 Å². The number of rotatable bonds is 7. The first-order valence-electron chi connectivity index (χ1n) is 10.3. The minimum atomic E-state index is -4.07. The largest absolute Gasteiger partial charge is 0.379 e. The Morgan fingerprint density at radius 3 is 2.10 bits per heavy atom. The molecule has 2 rings (SSSR count). The van der Waals surface area contributed by atoms with Crippen LogP contribution < -0.4 is 0 Å². The van der Waals surface area contributed by atoms with Gasteiger partial charge in [-0.1, -0.05) is 27.7 Å². The van der Waals surface area contributed by atoms with Crippen LogP contribution in [0, 0.1) is 15.5 Å². The molecule has 9 nitrogen and oxygen atoms in total. The molecule has 1 aliphatic heterocycles. The van der Waals surface area contributed by atoms with Crippen molar-refractivity contribution in [3.05, 3.63) is 34.4 Å². The van der Waals surface area contributed by atoms with E-state index in [-0.39, 0.29) is 16.0 Å². The second kappa shape index (κ2) is 9.51. The first kappa shape index (κ1) is 25.7. The van der Waals surface area contributed by atoms with Gasteiger partial charge in [-0.3, -0.25) is 10.1 Å². The quantitative estimate of drug-likeness (QED) is 0.430. The summed E-state index contributed by atoms with van der Waals surface area (Å²) < 4.78 is 43.6. The van der Waals surface area contributed by atoms with Crippen LogP contribution in [0.25, 0.3) is 0 Å². The summed E-state index contributed by atoms with van der Waals surface area (Å²) in [5.74, 6) is 0.451. The van der Waals surface area contributed by atoms with Gasteiger partial charge in [0, 0.05) is 40.8 Å². The molecule has 1 atom stereocenters.